The molecule has 1 aliphatic rings. The van der Waals surface area contributed by atoms with Crippen molar-refractivity contribution in [1.82, 2.24) is 9.78 Å². The number of rotatable bonds is 3. The van der Waals surface area contributed by atoms with Gasteiger partial charge in [-0.05, 0) is 59.0 Å². The number of benzene rings is 1. The van der Waals surface area contributed by atoms with Crippen LogP contribution in [0.5, 0.6) is 5.75 Å². The largest absolute Gasteiger partial charge is 0.487 e. The van der Waals surface area contributed by atoms with Crippen molar-refractivity contribution in [2.45, 2.75) is 32.5 Å². The highest BCUT2D eigenvalue weighted by Crippen LogP contribution is 2.33. The van der Waals surface area contributed by atoms with Crippen molar-refractivity contribution >= 4 is 15.9 Å². The van der Waals surface area contributed by atoms with Crippen LogP contribution in [0.25, 0.3) is 0 Å². The summed E-state index contributed by atoms with van der Waals surface area (Å²) in [6, 6.07) is 5.92. The van der Waals surface area contributed by atoms with Crippen LogP contribution in [-0.2, 0) is 20.1 Å². The summed E-state index contributed by atoms with van der Waals surface area (Å²) in [6.07, 6.45) is 1.42. The Bertz CT molecular complexity index is 652. The zero-order valence-corrected chi connectivity index (χ0v) is 13.1. The molecule has 3 rings (SSSR count). The predicted octanol–water partition coefficient (Wildman–Crippen LogP) is 3.05. The minimum atomic E-state index is -0.312. The number of halogens is 1. The number of nitrogens with zero attached hydrogens (tertiary/aromatic N) is 2. The number of aliphatic hydroxyl groups is 1. The lowest BCUT2D eigenvalue weighted by molar-refractivity contribution is 0.180. The summed E-state index contributed by atoms with van der Waals surface area (Å²) < 4.78 is 8.68. The molecule has 0 spiro atoms. The summed E-state index contributed by atoms with van der Waals surface area (Å²) >= 11 is 3.54. The minimum absolute atomic E-state index is 0.312. The van der Waals surface area contributed by atoms with Gasteiger partial charge in [-0.2, -0.15) is 5.10 Å². The fourth-order valence-electron chi connectivity index (χ4n) is 2.65. The monoisotopic (exact) mass is 336 g/mol. The van der Waals surface area contributed by atoms with Crippen LogP contribution in [0, 0.1) is 6.92 Å². The summed E-state index contributed by atoms with van der Waals surface area (Å²) in [7, 11) is 1.91. The fraction of sp³-hybridized carbons (Fsp3) is 0.400. The van der Waals surface area contributed by atoms with Crippen molar-refractivity contribution in [2.75, 3.05) is 0 Å². The number of aryl methyl sites for hydroxylation is 3. The molecule has 5 heteroatoms. The average molecular weight is 337 g/mol. The van der Waals surface area contributed by atoms with E-state index in [4.69, 9.17) is 4.74 Å². The molecule has 0 radical (unpaired) electrons. The van der Waals surface area contributed by atoms with Gasteiger partial charge in [-0.3, -0.25) is 4.68 Å². The molecule has 20 heavy (non-hydrogen) atoms. The lowest BCUT2D eigenvalue weighted by Crippen LogP contribution is -2.04. The maximum Gasteiger partial charge on any atom is 0.131 e. The highest BCUT2D eigenvalue weighted by Gasteiger charge is 2.20. The summed E-state index contributed by atoms with van der Waals surface area (Å²) in [5, 5.41) is 14.1. The van der Waals surface area contributed by atoms with Gasteiger partial charge in [0.25, 0.3) is 0 Å². The van der Waals surface area contributed by atoms with E-state index in [1.54, 1.807) is 0 Å². The normalized spacial score (nSPS) is 17.3. The summed E-state index contributed by atoms with van der Waals surface area (Å²) in [5.74, 6) is 0.837. The van der Waals surface area contributed by atoms with E-state index in [2.05, 4.69) is 21.0 Å². The first-order valence-corrected chi connectivity index (χ1v) is 7.47. The van der Waals surface area contributed by atoms with Crippen molar-refractivity contribution in [1.29, 1.82) is 0 Å². The Morgan fingerprint density at radius 3 is 3.00 bits per heavy atom. The Balaban J connectivity index is 1.76. The van der Waals surface area contributed by atoms with Crippen LogP contribution in [0.2, 0.25) is 0 Å². The number of fused-ring (bicyclic) bond motifs is 1. The van der Waals surface area contributed by atoms with Gasteiger partial charge in [0.2, 0.25) is 0 Å². The molecule has 1 heterocycles. The third-order valence-electron chi connectivity index (χ3n) is 3.80. The van der Waals surface area contributed by atoms with Crippen molar-refractivity contribution in [3.63, 3.8) is 0 Å². The molecular formula is C15H17BrN2O2. The van der Waals surface area contributed by atoms with Gasteiger partial charge in [0.1, 0.15) is 12.4 Å². The predicted molar refractivity (Wildman–Crippen MR) is 79.7 cm³/mol. The minimum Gasteiger partial charge on any atom is -0.487 e. The van der Waals surface area contributed by atoms with Crippen LogP contribution in [-0.4, -0.2) is 14.9 Å². The van der Waals surface area contributed by atoms with Crippen LogP contribution >= 0.6 is 15.9 Å². The van der Waals surface area contributed by atoms with E-state index in [1.165, 1.54) is 5.56 Å². The van der Waals surface area contributed by atoms with Gasteiger partial charge in [0.05, 0.1) is 22.0 Å². The quantitative estimate of drug-likeness (QED) is 0.936. The van der Waals surface area contributed by atoms with Crippen molar-refractivity contribution in [3.8, 4) is 5.75 Å². The van der Waals surface area contributed by atoms with Crippen LogP contribution < -0.4 is 4.74 Å². The van der Waals surface area contributed by atoms with Crippen molar-refractivity contribution in [3.05, 3.63) is 45.2 Å². The second kappa shape index (κ2) is 5.22. The van der Waals surface area contributed by atoms with Gasteiger partial charge in [-0.1, -0.05) is 6.07 Å². The molecule has 1 aromatic heterocycles. The van der Waals surface area contributed by atoms with Crippen molar-refractivity contribution in [2.24, 2.45) is 7.05 Å². The molecule has 1 aliphatic carbocycles. The molecule has 0 saturated heterocycles. The summed E-state index contributed by atoms with van der Waals surface area (Å²) in [4.78, 5) is 0. The molecule has 0 aliphatic heterocycles. The summed E-state index contributed by atoms with van der Waals surface area (Å²) in [5.41, 5.74) is 4.20. The SMILES string of the molecule is Cc1nn(C)c(COc2ccc3c(c2)CC[C@@H]3O)c1Br. The first-order valence-electron chi connectivity index (χ1n) is 6.68. The van der Waals surface area contributed by atoms with Crippen LogP contribution in [0.3, 0.4) is 0 Å². The number of aromatic nitrogens is 2. The van der Waals surface area contributed by atoms with Gasteiger partial charge in [0, 0.05) is 7.05 Å². The van der Waals surface area contributed by atoms with Crippen LogP contribution in [0.15, 0.2) is 22.7 Å². The van der Waals surface area contributed by atoms with Gasteiger partial charge >= 0.3 is 0 Å². The molecule has 4 nitrogen and oxygen atoms in total. The van der Waals surface area contributed by atoms with E-state index >= 15 is 0 Å². The van der Waals surface area contributed by atoms with Gasteiger partial charge in [-0.25, -0.2) is 0 Å². The molecule has 0 bridgehead atoms. The smallest absolute Gasteiger partial charge is 0.131 e. The van der Waals surface area contributed by atoms with Crippen LogP contribution in [0.1, 0.15) is 35.0 Å². The lowest BCUT2D eigenvalue weighted by atomic mass is 10.1. The summed E-state index contributed by atoms with van der Waals surface area (Å²) in [6.45, 7) is 2.43. The second-order valence-corrected chi connectivity index (χ2v) is 5.97. The highest BCUT2D eigenvalue weighted by molar-refractivity contribution is 9.10. The number of ether oxygens (including phenoxy) is 1. The van der Waals surface area contributed by atoms with Gasteiger partial charge in [-0.15, -0.1) is 0 Å². The molecule has 0 saturated carbocycles. The Labute approximate surface area is 126 Å². The Morgan fingerprint density at radius 1 is 1.50 bits per heavy atom. The molecule has 2 aromatic rings. The molecule has 1 aromatic carbocycles. The zero-order chi connectivity index (χ0) is 14.3. The number of hydrogen-bond donors (Lipinski definition) is 1. The number of hydrogen-bond acceptors (Lipinski definition) is 3. The Morgan fingerprint density at radius 2 is 2.30 bits per heavy atom. The maximum absolute atomic E-state index is 9.80. The zero-order valence-electron chi connectivity index (χ0n) is 11.6. The van der Waals surface area contributed by atoms with E-state index in [0.717, 1.165) is 40.0 Å². The van der Waals surface area contributed by atoms with Gasteiger partial charge < -0.3 is 9.84 Å². The average Bonchev–Trinajstić information content (AvgIpc) is 2.90. The molecule has 1 atom stereocenters. The fourth-order valence-corrected chi connectivity index (χ4v) is 3.10. The molecule has 106 valence electrons. The molecule has 0 amide bonds. The topological polar surface area (TPSA) is 47.3 Å². The first-order chi connectivity index (χ1) is 9.56. The standard InChI is InChI=1S/C15H17BrN2O2/c1-9-15(16)13(18(2)17-9)8-20-11-4-5-12-10(7-11)3-6-14(12)19/h4-5,7,14,19H,3,6,8H2,1-2H3/t14-/m0/s1. The first kappa shape index (κ1) is 13.6. The van der Waals surface area contributed by atoms with E-state index < -0.39 is 0 Å². The van der Waals surface area contributed by atoms with E-state index in [9.17, 15) is 5.11 Å². The van der Waals surface area contributed by atoms with E-state index in [0.29, 0.717) is 6.61 Å². The third kappa shape index (κ3) is 2.36. The van der Waals surface area contributed by atoms with Crippen molar-refractivity contribution < 1.29 is 9.84 Å². The number of aliphatic hydroxyl groups excluding tert-OH is 1. The molecule has 0 unspecified atom stereocenters. The van der Waals surface area contributed by atoms with E-state index in [-0.39, 0.29) is 6.10 Å². The lowest BCUT2D eigenvalue weighted by Gasteiger charge is -2.09. The van der Waals surface area contributed by atoms with E-state index in [1.807, 2.05) is 36.9 Å². The maximum atomic E-state index is 9.80. The molecular weight excluding hydrogens is 320 g/mol. The van der Waals surface area contributed by atoms with Gasteiger partial charge in [0.15, 0.2) is 0 Å². The third-order valence-corrected chi connectivity index (χ3v) is 4.83. The second-order valence-electron chi connectivity index (χ2n) is 5.17. The Hall–Kier alpha value is -1.33. The molecule has 0 fully saturated rings. The molecule has 1 N–H and O–H groups in total. The Kier molecular flexibility index (Phi) is 3.56. The highest BCUT2D eigenvalue weighted by atomic mass is 79.9. The van der Waals surface area contributed by atoms with Crippen LogP contribution in [0.4, 0.5) is 0 Å².